The molecule has 9 heteroatoms. The van der Waals surface area contributed by atoms with Gasteiger partial charge < -0.3 is 19.8 Å². The number of nitriles is 1. The van der Waals surface area contributed by atoms with Crippen LogP contribution in [-0.4, -0.2) is 24.2 Å². The predicted molar refractivity (Wildman–Crippen MR) is 114 cm³/mol. The average Bonchev–Trinajstić information content (AvgIpc) is 3.28. The quantitative estimate of drug-likeness (QED) is 0.625. The molecule has 1 amide bonds. The van der Waals surface area contributed by atoms with Gasteiger partial charge in [-0.25, -0.2) is 4.39 Å². The Balaban J connectivity index is 1.97. The van der Waals surface area contributed by atoms with Crippen molar-refractivity contribution < 1.29 is 23.1 Å². The Bertz CT molecular complexity index is 1090. The summed E-state index contributed by atoms with van der Waals surface area (Å²) in [6, 6.07) is 11.2. The summed E-state index contributed by atoms with van der Waals surface area (Å²) in [6.07, 6.45) is 1.44. The highest BCUT2D eigenvalue weighted by atomic mass is 32.2. The molecule has 0 spiro atoms. The second-order valence-corrected chi connectivity index (χ2v) is 7.48. The average molecular weight is 441 g/mol. The second-order valence-electron chi connectivity index (χ2n) is 6.49. The molecular formula is C22H20FN3O4S. The monoisotopic (exact) mass is 441 g/mol. The summed E-state index contributed by atoms with van der Waals surface area (Å²) >= 11 is 1.11. The molecule has 1 atom stereocenters. The van der Waals surface area contributed by atoms with Crippen LogP contribution in [0.3, 0.4) is 0 Å². The highest BCUT2D eigenvalue weighted by molar-refractivity contribution is 8.03. The number of carbonyl (C=O) groups is 2. The third-order valence-corrected chi connectivity index (χ3v) is 5.47. The molecule has 1 aromatic carbocycles. The molecule has 0 saturated carbocycles. The number of ether oxygens (including phenoxy) is 1. The number of rotatable bonds is 7. The largest absolute Gasteiger partial charge is 0.468 e. The van der Waals surface area contributed by atoms with Gasteiger partial charge in [-0.3, -0.25) is 9.59 Å². The maximum absolute atomic E-state index is 14.1. The van der Waals surface area contributed by atoms with Crippen molar-refractivity contribution in [3.05, 3.63) is 76.1 Å². The van der Waals surface area contributed by atoms with Crippen LogP contribution in [0.4, 0.5) is 10.1 Å². The number of thioether (sulfide) groups is 1. The Morgan fingerprint density at radius 3 is 2.74 bits per heavy atom. The molecule has 1 aromatic heterocycles. The zero-order chi connectivity index (χ0) is 22.4. The fraction of sp³-hybridized carbons (Fsp3) is 0.227. The van der Waals surface area contributed by atoms with Gasteiger partial charge in [0, 0.05) is 5.70 Å². The molecule has 7 nitrogen and oxygen atoms in total. The minimum atomic E-state index is -0.822. The van der Waals surface area contributed by atoms with Crippen molar-refractivity contribution in [2.45, 2.75) is 19.8 Å². The summed E-state index contributed by atoms with van der Waals surface area (Å²) in [4.78, 5) is 24.9. The topological polar surface area (TPSA) is 104 Å². The van der Waals surface area contributed by atoms with Crippen molar-refractivity contribution in [3.63, 3.8) is 0 Å². The van der Waals surface area contributed by atoms with Crippen LogP contribution in [0, 0.1) is 17.1 Å². The van der Waals surface area contributed by atoms with Crippen LogP contribution in [0.1, 0.15) is 25.5 Å². The fourth-order valence-corrected chi connectivity index (χ4v) is 4.04. The first-order valence-corrected chi connectivity index (χ1v) is 10.4. The van der Waals surface area contributed by atoms with Crippen molar-refractivity contribution in [3.8, 4) is 6.07 Å². The number of nitrogens with one attached hydrogen (secondary N) is 2. The number of nitrogens with zero attached hydrogens (tertiary/aromatic N) is 1. The summed E-state index contributed by atoms with van der Waals surface area (Å²) in [5, 5.41) is 15.9. The van der Waals surface area contributed by atoms with Gasteiger partial charge in [0.15, 0.2) is 0 Å². The SMILES string of the molecule is CCOC(=O)CSC1=C(C#N)[C@H](c2ccco2)C(C(=O)Nc2ccccc2F)=C(C)N1. The highest BCUT2D eigenvalue weighted by Crippen LogP contribution is 2.41. The number of benzene rings is 1. The summed E-state index contributed by atoms with van der Waals surface area (Å²) in [7, 11) is 0. The third-order valence-electron chi connectivity index (χ3n) is 4.48. The molecule has 0 fully saturated rings. The number of para-hydroxylation sites is 1. The van der Waals surface area contributed by atoms with E-state index in [0.717, 1.165) is 11.8 Å². The number of amides is 1. The smallest absolute Gasteiger partial charge is 0.316 e. The van der Waals surface area contributed by atoms with Crippen LogP contribution in [-0.2, 0) is 14.3 Å². The molecule has 160 valence electrons. The normalized spacial score (nSPS) is 15.9. The molecule has 2 aromatic rings. The minimum Gasteiger partial charge on any atom is -0.468 e. The number of hydrogen-bond donors (Lipinski definition) is 2. The molecule has 2 N–H and O–H groups in total. The molecule has 0 radical (unpaired) electrons. The van der Waals surface area contributed by atoms with E-state index in [1.165, 1.54) is 24.5 Å². The molecule has 1 aliphatic heterocycles. The molecule has 3 rings (SSSR count). The number of carbonyl (C=O) groups excluding carboxylic acids is 2. The Hall–Kier alpha value is -3.51. The first-order chi connectivity index (χ1) is 15.0. The lowest BCUT2D eigenvalue weighted by Crippen LogP contribution is -2.31. The fourth-order valence-electron chi connectivity index (χ4n) is 3.15. The first kappa shape index (κ1) is 22.2. The Kier molecular flexibility index (Phi) is 7.15. The number of anilines is 1. The van der Waals surface area contributed by atoms with Crippen molar-refractivity contribution >= 4 is 29.3 Å². The molecular weight excluding hydrogens is 421 g/mol. The van der Waals surface area contributed by atoms with E-state index in [-0.39, 0.29) is 29.2 Å². The van der Waals surface area contributed by atoms with E-state index >= 15 is 0 Å². The summed E-state index contributed by atoms with van der Waals surface area (Å²) in [6.45, 7) is 3.64. The number of allylic oxidation sites excluding steroid dienone is 2. The third kappa shape index (κ3) is 4.98. The minimum absolute atomic E-state index is 0.00371. The van der Waals surface area contributed by atoms with Gasteiger partial charge in [0.25, 0.3) is 5.91 Å². The first-order valence-electron chi connectivity index (χ1n) is 9.46. The van der Waals surface area contributed by atoms with Gasteiger partial charge in [0.1, 0.15) is 11.6 Å². The Morgan fingerprint density at radius 2 is 2.10 bits per heavy atom. The van der Waals surface area contributed by atoms with E-state index in [1.807, 2.05) is 0 Å². The van der Waals surface area contributed by atoms with Crippen molar-refractivity contribution in [1.29, 1.82) is 5.26 Å². The lowest BCUT2D eigenvalue weighted by atomic mass is 9.85. The lowest BCUT2D eigenvalue weighted by molar-refractivity contribution is -0.139. The summed E-state index contributed by atoms with van der Waals surface area (Å²) in [5.41, 5.74) is 0.917. The second kappa shape index (κ2) is 10.00. The summed E-state index contributed by atoms with van der Waals surface area (Å²) in [5.74, 6) is -2.01. The maximum atomic E-state index is 14.1. The number of hydrogen-bond acceptors (Lipinski definition) is 7. The number of furan rings is 1. The van der Waals surface area contributed by atoms with E-state index in [9.17, 15) is 19.2 Å². The highest BCUT2D eigenvalue weighted by Gasteiger charge is 2.36. The van der Waals surface area contributed by atoms with Crippen LogP contribution in [0.2, 0.25) is 0 Å². The molecule has 0 bridgehead atoms. The van der Waals surface area contributed by atoms with Gasteiger partial charge in [0.2, 0.25) is 0 Å². The zero-order valence-corrected chi connectivity index (χ0v) is 17.7. The molecule has 0 aliphatic carbocycles. The van der Waals surface area contributed by atoms with Gasteiger partial charge in [-0.1, -0.05) is 23.9 Å². The van der Waals surface area contributed by atoms with E-state index in [1.54, 1.807) is 32.0 Å². The van der Waals surface area contributed by atoms with Gasteiger partial charge >= 0.3 is 5.97 Å². The van der Waals surface area contributed by atoms with Gasteiger partial charge in [-0.05, 0) is 38.1 Å². The molecule has 31 heavy (non-hydrogen) atoms. The maximum Gasteiger partial charge on any atom is 0.316 e. The van der Waals surface area contributed by atoms with Gasteiger partial charge in [0.05, 0.1) is 52.5 Å². The van der Waals surface area contributed by atoms with E-state index in [0.29, 0.717) is 16.5 Å². The number of dihydropyridines is 1. The molecule has 0 unspecified atom stereocenters. The van der Waals surface area contributed by atoms with Crippen molar-refractivity contribution in [2.24, 2.45) is 0 Å². The van der Waals surface area contributed by atoms with Crippen molar-refractivity contribution in [2.75, 3.05) is 17.7 Å². The standard InChI is InChI=1S/C22H20FN3O4S/c1-3-29-18(27)12-31-22-14(11-24)20(17-9-6-10-30-17)19(13(2)25-22)21(28)26-16-8-5-4-7-15(16)23/h4-10,20,25H,3,12H2,1-2H3,(H,26,28)/t20-/m1/s1. The zero-order valence-electron chi connectivity index (χ0n) is 16.9. The van der Waals surface area contributed by atoms with E-state index in [4.69, 9.17) is 9.15 Å². The number of esters is 1. The summed E-state index contributed by atoms with van der Waals surface area (Å²) < 4.78 is 24.5. The van der Waals surface area contributed by atoms with Crippen LogP contribution in [0.5, 0.6) is 0 Å². The predicted octanol–water partition coefficient (Wildman–Crippen LogP) is 4.05. The van der Waals surface area contributed by atoms with Gasteiger partial charge in [-0.2, -0.15) is 5.26 Å². The van der Waals surface area contributed by atoms with E-state index < -0.39 is 23.6 Å². The molecule has 0 saturated heterocycles. The van der Waals surface area contributed by atoms with E-state index in [2.05, 4.69) is 16.7 Å². The van der Waals surface area contributed by atoms with Crippen LogP contribution >= 0.6 is 11.8 Å². The van der Waals surface area contributed by atoms with Crippen molar-refractivity contribution in [1.82, 2.24) is 5.32 Å². The Labute approximate surface area is 182 Å². The van der Waals surface area contributed by atoms with Crippen LogP contribution in [0.15, 0.2) is 69.0 Å². The molecule has 2 heterocycles. The van der Waals surface area contributed by atoms with Crippen LogP contribution in [0.25, 0.3) is 0 Å². The number of halogens is 1. The van der Waals surface area contributed by atoms with Crippen LogP contribution < -0.4 is 10.6 Å². The Morgan fingerprint density at radius 1 is 1.32 bits per heavy atom. The van der Waals surface area contributed by atoms with Gasteiger partial charge in [-0.15, -0.1) is 0 Å². The lowest BCUT2D eigenvalue weighted by Gasteiger charge is -2.28. The molecule has 1 aliphatic rings.